The molecule has 0 unspecified atom stereocenters. The lowest BCUT2D eigenvalue weighted by Gasteiger charge is -2.16. The summed E-state index contributed by atoms with van der Waals surface area (Å²) in [7, 11) is 0. The molecule has 110 valence electrons. The average Bonchev–Trinajstić information content (AvgIpc) is 2.51. The van der Waals surface area contributed by atoms with E-state index in [1.807, 2.05) is 0 Å². The Hall–Kier alpha value is -2.34. The fourth-order valence-electron chi connectivity index (χ4n) is 3.11. The van der Waals surface area contributed by atoms with Gasteiger partial charge < -0.3 is 0 Å². The van der Waals surface area contributed by atoms with Crippen molar-refractivity contribution in [1.29, 1.82) is 0 Å². The van der Waals surface area contributed by atoms with Crippen molar-refractivity contribution in [3.05, 3.63) is 82.9 Å². The largest absolute Gasteiger partial charge is 0.0620 e. The zero-order chi connectivity index (χ0) is 15.7. The SMILES string of the molecule is Cc1cccc(-c2ccc(-c3ccccc3C)c(C)c2C)c1. The summed E-state index contributed by atoms with van der Waals surface area (Å²) in [5.41, 5.74) is 10.7. The number of rotatable bonds is 2. The lowest BCUT2D eigenvalue weighted by Crippen LogP contribution is -1.93. The van der Waals surface area contributed by atoms with E-state index in [1.165, 1.54) is 44.5 Å². The minimum absolute atomic E-state index is 1.30. The highest BCUT2D eigenvalue weighted by molar-refractivity contribution is 5.78. The highest BCUT2D eigenvalue weighted by atomic mass is 14.1. The molecule has 22 heavy (non-hydrogen) atoms. The second-order valence-corrected chi connectivity index (χ2v) is 6.10. The molecule has 0 N–H and O–H groups in total. The first-order chi connectivity index (χ1) is 10.6. The van der Waals surface area contributed by atoms with Crippen molar-refractivity contribution in [1.82, 2.24) is 0 Å². The van der Waals surface area contributed by atoms with Gasteiger partial charge in [-0.15, -0.1) is 0 Å². The fourth-order valence-corrected chi connectivity index (χ4v) is 3.11. The minimum Gasteiger partial charge on any atom is -0.0620 e. The minimum atomic E-state index is 1.30. The maximum atomic E-state index is 2.27. The molecule has 3 rings (SSSR count). The molecule has 3 aromatic rings. The topological polar surface area (TPSA) is 0 Å². The summed E-state index contributed by atoms with van der Waals surface area (Å²) >= 11 is 0. The van der Waals surface area contributed by atoms with Gasteiger partial charge in [-0.2, -0.15) is 0 Å². The molecule has 0 aliphatic rings. The Balaban J connectivity index is 2.16. The highest BCUT2D eigenvalue weighted by Crippen LogP contribution is 2.34. The van der Waals surface area contributed by atoms with E-state index in [2.05, 4.69) is 88.4 Å². The number of hydrogen-bond donors (Lipinski definition) is 0. The second-order valence-electron chi connectivity index (χ2n) is 6.10. The molecule has 0 nitrogen and oxygen atoms in total. The third-order valence-corrected chi connectivity index (χ3v) is 4.55. The fraction of sp³-hybridized carbons (Fsp3) is 0.182. The molecule has 0 spiro atoms. The standard InChI is InChI=1S/C22H22/c1-15-8-7-10-19(14-15)21-12-13-22(18(4)17(21)3)20-11-6-5-9-16(20)2/h5-14H,1-4H3. The Morgan fingerprint density at radius 2 is 1.23 bits per heavy atom. The van der Waals surface area contributed by atoms with Crippen LogP contribution in [0, 0.1) is 27.7 Å². The summed E-state index contributed by atoms with van der Waals surface area (Å²) in [6, 6.07) is 21.9. The van der Waals surface area contributed by atoms with Crippen LogP contribution in [0.5, 0.6) is 0 Å². The maximum Gasteiger partial charge on any atom is -0.0149 e. The Morgan fingerprint density at radius 1 is 0.545 bits per heavy atom. The number of hydrogen-bond acceptors (Lipinski definition) is 0. The summed E-state index contributed by atoms with van der Waals surface area (Å²) in [5, 5.41) is 0. The van der Waals surface area contributed by atoms with Crippen LogP contribution >= 0.6 is 0 Å². The van der Waals surface area contributed by atoms with Crippen LogP contribution in [0.4, 0.5) is 0 Å². The van der Waals surface area contributed by atoms with Gasteiger partial charge in [0.15, 0.2) is 0 Å². The second kappa shape index (κ2) is 5.81. The van der Waals surface area contributed by atoms with Gasteiger partial charge in [0.1, 0.15) is 0 Å². The van der Waals surface area contributed by atoms with E-state index >= 15 is 0 Å². The maximum absolute atomic E-state index is 2.27. The van der Waals surface area contributed by atoms with E-state index in [-0.39, 0.29) is 0 Å². The van der Waals surface area contributed by atoms with Gasteiger partial charge >= 0.3 is 0 Å². The smallest absolute Gasteiger partial charge is 0.0149 e. The lowest BCUT2D eigenvalue weighted by molar-refractivity contribution is 1.32. The van der Waals surface area contributed by atoms with Gasteiger partial charge in [-0.25, -0.2) is 0 Å². The summed E-state index contributed by atoms with van der Waals surface area (Å²) in [5.74, 6) is 0. The first-order valence-corrected chi connectivity index (χ1v) is 7.81. The van der Waals surface area contributed by atoms with E-state index in [0.717, 1.165) is 0 Å². The first-order valence-electron chi connectivity index (χ1n) is 7.81. The molecular weight excluding hydrogens is 264 g/mol. The van der Waals surface area contributed by atoms with Crippen LogP contribution in [0.1, 0.15) is 22.3 Å². The van der Waals surface area contributed by atoms with E-state index in [4.69, 9.17) is 0 Å². The van der Waals surface area contributed by atoms with Gasteiger partial charge in [-0.3, -0.25) is 0 Å². The quantitative estimate of drug-likeness (QED) is 0.522. The monoisotopic (exact) mass is 286 g/mol. The molecule has 0 atom stereocenters. The molecule has 0 saturated carbocycles. The van der Waals surface area contributed by atoms with Gasteiger partial charge in [0, 0.05) is 0 Å². The van der Waals surface area contributed by atoms with Crippen molar-refractivity contribution >= 4 is 0 Å². The third-order valence-electron chi connectivity index (χ3n) is 4.55. The van der Waals surface area contributed by atoms with Crippen LogP contribution in [0.15, 0.2) is 60.7 Å². The zero-order valence-corrected chi connectivity index (χ0v) is 13.8. The van der Waals surface area contributed by atoms with Gasteiger partial charge in [0.25, 0.3) is 0 Å². The zero-order valence-electron chi connectivity index (χ0n) is 13.8. The molecular formula is C22H22. The molecule has 0 radical (unpaired) electrons. The van der Waals surface area contributed by atoms with E-state index in [9.17, 15) is 0 Å². The van der Waals surface area contributed by atoms with Crippen LogP contribution in [-0.4, -0.2) is 0 Å². The molecule has 0 aliphatic heterocycles. The summed E-state index contributed by atoms with van der Waals surface area (Å²) in [6.07, 6.45) is 0. The Labute approximate surface area is 133 Å². The lowest BCUT2D eigenvalue weighted by atomic mass is 9.89. The molecule has 0 heterocycles. The Morgan fingerprint density at radius 3 is 1.95 bits per heavy atom. The van der Waals surface area contributed by atoms with Gasteiger partial charge in [0.05, 0.1) is 0 Å². The summed E-state index contributed by atoms with van der Waals surface area (Å²) < 4.78 is 0. The molecule has 0 saturated heterocycles. The van der Waals surface area contributed by atoms with Gasteiger partial charge in [-0.05, 0) is 66.6 Å². The van der Waals surface area contributed by atoms with E-state index in [0.29, 0.717) is 0 Å². The molecule has 0 heteroatoms. The molecule has 0 aromatic heterocycles. The van der Waals surface area contributed by atoms with Gasteiger partial charge in [0.2, 0.25) is 0 Å². The van der Waals surface area contributed by atoms with Crippen LogP contribution < -0.4 is 0 Å². The van der Waals surface area contributed by atoms with Crippen molar-refractivity contribution < 1.29 is 0 Å². The van der Waals surface area contributed by atoms with Crippen LogP contribution in [0.3, 0.4) is 0 Å². The van der Waals surface area contributed by atoms with E-state index < -0.39 is 0 Å². The van der Waals surface area contributed by atoms with Gasteiger partial charge in [-0.1, -0.05) is 66.2 Å². The van der Waals surface area contributed by atoms with Crippen molar-refractivity contribution in [2.45, 2.75) is 27.7 Å². The molecule has 0 bridgehead atoms. The predicted octanol–water partition coefficient (Wildman–Crippen LogP) is 6.25. The van der Waals surface area contributed by atoms with Crippen LogP contribution in [-0.2, 0) is 0 Å². The first kappa shape index (κ1) is 14.6. The van der Waals surface area contributed by atoms with Crippen molar-refractivity contribution in [2.24, 2.45) is 0 Å². The predicted molar refractivity (Wildman–Crippen MR) is 96.3 cm³/mol. The molecule has 0 fully saturated rings. The normalized spacial score (nSPS) is 10.7. The van der Waals surface area contributed by atoms with Crippen molar-refractivity contribution in [2.75, 3.05) is 0 Å². The van der Waals surface area contributed by atoms with Crippen molar-refractivity contribution in [3.8, 4) is 22.3 Å². The van der Waals surface area contributed by atoms with Crippen LogP contribution in [0.25, 0.3) is 22.3 Å². The molecule has 0 aliphatic carbocycles. The Kier molecular flexibility index (Phi) is 3.85. The Bertz CT molecular complexity index is 825. The summed E-state index contributed by atoms with van der Waals surface area (Å²) in [6.45, 7) is 8.79. The highest BCUT2D eigenvalue weighted by Gasteiger charge is 2.10. The number of aryl methyl sites for hydroxylation is 2. The van der Waals surface area contributed by atoms with Crippen LogP contribution in [0.2, 0.25) is 0 Å². The third kappa shape index (κ3) is 2.57. The molecule has 0 amide bonds. The number of benzene rings is 3. The van der Waals surface area contributed by atoms with E-state index in [1.54, 1.807) is 0 Å². The summed E-state index contributed by atoms with van der Waals surface area (Å²) in [4.78, 5) is 0. The van der Waals surface area contributed by atoms with Crippen molar-refractivity contribution in [3.63, 3.8) is 0 Å². The average molecular weight is 286 g/mol. The molecule has 3 aromatic carbocycles.